The number of amides is 1. The van der Waals surface area contributed by atoms with Gasteiger partial charge in [0.1, 0.15) is 10.7 Å². The van der Waals surface area contributed by atoms with Crippen LogP contribution in [0.3, 0.4) is 0 Å². The Morgan fingerprint density at radius 1 is 1.12 bits per heavy atom. The van der Waals surface area contributed by atoms with Crippen molar-refractivity contribution in [2.45, 2.75) is 32.0 Å². The zero-order chi connectivity index (χ0) is 22.1. The lowest BCUT2D eigenvalue weighted by Gasteiger charge is -2.21. The van der Waals surface area contributed by atoms with Crippen LogP contribution in [-0.4, -0.2) is 33.9 Å². The van der Waals surface area contributed by atoms with Gasteiger partial charge in [0.15, 0.2) is 0 Å². The van der Waals surface area contributed by atoms with E-state index in [1.165, 1.54) is 11.3 Å². The SMILES string of the molecule is CNC(=O)c1ccc(CN(Cc2nc3scc(-c4ccccc4)c3c(=O)[nH]2)C2CC2)cc1. The van der Waals surface area contributed by atoms with Gasteiger partial charge in [0.25, 0.3) is 11.5 Å². The van der Waals surface area contributed by atoms with E-state index in [9.17, 15) is 9.59 Å². The molecule has 1 amide bonds. The molecular formula is C25H24N4O2S. The number of nitrogens with zero attached hydrogens (tertiary/aromatic N) is 2. The Morgan fingerprint density at radius 2 is 1.88 bits per heavy atom. The number of H-pyrrole nitrogens is 1. The Kier molecular flexibility index (Phi) is 5.59. The van der Waals surface area contributed by atoms with E-state index in [2.05, 4.69) is 15.2 Å². The van der Waals surface area contributed by atoms with Crippen molar-refractivity contribution in [1.29, 1.82) is 0 Å². The van der Waals surface area contributed by atoms with Gasteiger partial charge in [-0.3, -0.25) is 14.5 Å². The standard InChI is InChI=1S/C25H24N4O2S/c1-26-23(30)18-9-7-16(8-10-18)13-29(19-11-12-19)14-21-27-24(31)22-20(15-32-25(22)28-21)17-5-3-2-4-6-17/h2-10,15,19H,11-14H2,1H3,(H,26,30)(H,27,28,31). The molecule has 7 heteroatoms. The Labute approximate surface area is 189 Å². The Morgan fingerprint density at radius 3 is 2.56 bits per heavy atom. The third kappa shape index (κ3) is 4.22. The highest BCUT2D eigenvalue weighted by Gasteiger charge is 2.29. The fraction of sp³-hybridized carbons (Fsp3) is 0.240. The lowest BCUT2D eigenvalue weighted by Crippen LogP contribution is -2.27. The van der Waals surface area contributed by atoms with Crippen molar-refractivity contribution >= 4 is 27.5 Å². The topological polar surface area (TPSA) is 78.1 Å². The number of hydrogen-bond donors (Lipinski definition) is 2. The summed E-state index contributed by atoms with van der Waals surface area (Å²) in [5, 5.41) is 5.32. The number of carbonyl (C=O) groups excluding carboxylic acids is 1. The Hall–Kier alpha value is -3.29. The first-order valence-corrected chi connectivity index (χ1v) is 11.6. The van der Waals surface area contributed by atoms with Crippen LogP contribution in [0.5, 0.6) is 0 Å². The number of fused-ring (bicyclic) bond motifs is 1. The molecule has 162 valence electrons. The van der Waals surface area contributed by atoms with Gasteiger partial charge in [0.05, 0.1) is 11.9 Å². The molecule has 2 heterocycles. The molecule has 2 N–H and O–H groups in total. The highest BCUT2D eigenvalue weighted by molar-refractivity contribution is 7.17. The first-order valence-electron chi connectivity index (χ1n) is 10.7. The molecule has 1 saturated carbocycles. The summed E-state index contributed by atoms with van der Waals surface area (Å²) in [5.74, 6) is 0.606. The minimum absolute atomic E-state index is 0.0866. The highest BCUT2D eigenvalue weighted by atomic mass is 32.1. The second-order valence-electron chi connectivity index (χ2n) is 8.12. The van der Waals surface area contributed by atoms with Gasteiger partial charge in [0, 0.05) is 36.1 Å². The molecule has 0 spiro atoms. The van der Waals surface area contributed by atoms with Gasteiger partial charge in [-0.25, -0.2) is 4.98 Å². The molecule has 4 aromatic rings. The molecule has 0 aliphatic heterocycles. The van der Waals surface area contributed by atoms with Gasteiger partial charge < -0.3 is 10.3 Å². The highest BCUT2D eigenvalue weighted by Crippen LogP contribution is 2.32. The third-order valence-electron chi connectivity index (χ3n) is 5.82. The number of thiophene rings is 1. The minimum Gasteiger partial charge on any atom is -0.355 e. The van der Waals surface area contributed by atoms with Crippen molar-refractivity contribution < 1.29 is 4.79 Å². The van der Waals surface area contributed by atoms with Crippen molar-refractivity contribution in [1.82, 2.24) is 20.2 Å². The van der Waals surface area contributed by atoms with Gasteiger partial charge in [-0.05, 0) is 36.1 Å². The van der Waals surface area contributed by atoms with Crippen LogP contribution in [0.25, 0.3) is 21.3 Å². The number of aromatic nitrogens is 2. The lowest BCUT2D eigenvalue weighted by atomic mass is 10.1. The quantitative estimate of drug-likeness (QED) is 0.448. The zero-order valence-corrected chi connectivity index (χ0v) is 18.6. The molecule has 32 heavy (non-hydrogen) atoms. The summed E-state index contributed by atoms with van der Waals surface area (Å²) in [6.07, 6.45) is 2.31. The maximum absolute atomic E-state index is 13.0. The molecule has 0 atom stereocenters. The van der Waals surface area contributed by atoms with Crippen molar-refractivity contribution in [3.05, 3.63) is 87.3 Å². The average Bonchev–Trinajstić information content (AvgIpc) is 3.58. The maximum Gasteiger partial charge on any atom is 0.260 e. The molecule has 0 bridgehead atoms. The van der Waals surface area contributed by atoms with Gasteiger partial charge in [-0.2, -0.15) is 0 Å². The zero-order valence-electron chi connectivity index (χ0n) is 17.8. The van der Waals surface area contributed by atoms with E-state index in [-0.39, 0.29) is 11.5 Å². The van der Waals surface area contributed by atoms with Crippen LogP contribution in [0.4, 0.5) is 0 Å². The van der Waals surface area contributed by atoms with Crippen molar-refractivity contribution in [3.63, 3.8) is 0 Å². The van der Waals surface area contributed by atoms with Crippen molar-refractivity contribution in [2.75, 3.05) is 7.05 Å². The smallest absolute Gasteiger partial charge is 0.260 e. The fourth-order valence-electron chi connectivity index (χ4n) is 3.99. The number of rotatable bonds is 7. The first kappa shape index (κ1) is 20.6. The second kappa shape index (κ2) is 8.68. The van der Waals surface area contributed by atoms with E-state index in [0.29, 0.717) is 29.4 Å². The van der Waals surface area contributed by atoms with E-state index < -0.39 is 0 Å². The number of benzene rings is 2. The van der Waals surface area contributed by atoms with Crippen LogP contribution in [0, 0.1) is 0 Å². The fourth-order valence-corrected chi connectivity index (χ4v) is 4.95. The van der Waals surface area contributed by atoms with Crippen LogP contribution in [0.15, 0.2) is 64.8 Å². The molecule has 5 rings (SSSR count). The summed E-state index contributed by atoms with van der Waals surface area (Å²) < 4.78 is 0. The molecule has 1 aliphatic rings. The van der Waals surface area contributed by atoms with Crippen molar-refractivity contribution in [3.8, 4) is 11.1 Å². The molecule has 0 saturated heterocycles. The van der Waals surface area contributed by atoms with Crippen LogP contribution in [-0.2, 0) is 13.1 Å². The van der Waals surface area contributed by atoms with Crippen LogP contribution >= 0.6 is 11.3 Å². The Bertz CT molecular complexity index is 1310. The summed E-state index contributed by atoms with van der Waals surface area (Å²) in [6, 6.07) is 18.1. The van der Waals surface area contributed by atoms with Crippen LogP contribution in [0.1, 0.15) is 34.6 Å². The molecule has 0 unspecified atom stereocenters. The molecule has 6 nitrogen and oxygen atoms in total. The predicted molar refractivity (Wildman–Crippen MR) is 128 cm³/mol. The largest absolute Gasteiger partial charge is 0.355 e. The summed E-state index contributed by atoms with van der Waals surface area (Å²) in [4.78, 5) is 35.7. The van der Waals surface area contributed by atoms with Gasteiger partial charge >= 0.3 is 0 Å². The van der Waals surface area contributed by atoms with Crippen LogP contribution in [0.2, 0.25) is 0 Å². The molecule has 2 aromatic carbocycles. The summed E-state index contributed by atoms with van der Waals surface area (Å²) in [6.45, 7) is 1.34. The van der Waals surface area contributed by atoms with E-state index in [0.717, 1.165) is 40.9 Å². The Balaban J connectivity index is 1.38. The average molecular weight is 445 g/mol. The van der Waals surface area contributed by atoms with Crippen molar-refractivity contribution in [2.24, 2.45) is 0 Å². The second-order valence-corrected chi connectivity index (χ2v) is 8.98. The monoisotopic (exact) mass is 444 g/mol. The number of aromatic amines is 1. The van der Waals surface area contributed by atoms with Gasteiger partial charge in [-0.15, -0.1) is 11.3 Å². The van der Waals surface area contributed by atoms with Gasteiger partial charge in [-0.1, -0.05) is 42.5 Å². The summed E-state index contributed by atoms with van der Waals surface area (Å²) >= 11 is 1.51. The van der Waals surface area contributed by atoms with E-state index >= 15 is 0 Å². The van der Waals surface area contributed by atoms with Crippen LogP contribution < -0.4 is 10.9 Å². The van der Waals surface area contributed by atoms with E-state index in [1.807, 2.05) is 60.0 Å². The van der Waals surface area contributed by atoms with E-state index in [1.54, 1.807) is 7.05 Å². The normalized spacial score (nSPS) is 13.6. The number of hydrogen-bond acceptors (Lipinski definition) is 5. The van der Waals surface area contributed by atoms with Gasteiger partial charge in [0.2, 0.25) is 0 Å². The number of nitrogens with one attached hydrogen (secondary N) is 2. The molecule has 1 aliphatic carbocycles. The number of carbonyl (C=O) groups is 1. The first-order chi connectivity index (χ1) is 15.6. The predicted octanol–water partition coefficient (Wildman–Crippen LogP) is 4.18. The third-order valence-corrected chi connectivity index (χ3v) is 6.69. The maximum atomic E-state index is 13.0. The lowest BCUT2D eigenvalue weighted by molar-refractivity contribution is 0.0963. The van der Waals surface area contributed by atoms with E-state index in [4.69, 9.17) is 4.98 Å². The molecule has 2 aromatic heterocycles. The molecule has 1 fully saturated rings. The summed E-state index contributed by atoms with van der Waals surface area (Å²) in [7, 11) is 1.63. The summed E-state index contributed by atoms with van der Waals surface area (Å²) in [5.41, 5.74) is 3.66. The minimum atomic E-state index is -0.0872. The molecule has 0 radical (unpaired) electrons. The molecular weight excluding hydrogens is 420 g/mol.